The van der Waals surface area contributed by atoms with E-state index in [0.29, 0.717) is 17.3 Å². The minimum atomic E-state index is -0.0890. The molecule has 3 aromatic rings. The van der Waals surface area contributed by atoms with E-state index in [4.69, 9.17) is 16.9 Å². The van der Waals surface area contributed by atoms with Crippen molar-refractivity contribution in [3.05, 3.63) is 46.1 Å². The number of amides is 1. The van der Waals surface area contributed by atoms with Crippen LogP contribution in [0.15, 0.2) is 35.6 Å². The van der Waals surface area contributed by atoms with Crippen molar-refractivity contribution in [2.24, 2.45) is 0 Å². The standard InChI is InChI=1S/C19H17ClN4OS2/c1-12-13(2)27-19-17(12)18(22-11-23-19)26-10-16(25)24(8-4-7-21)15-6-3-5-14(20)9-15/h3,5-6,9,11H,4,8,10H2,1-2H3. The number of nitrogens with zero attached hydrogens (tertiary/aromatic N) is 4. The van der Waals surface area contributed by atoms with Crippen molar-refractivity contribution < 1.29 is 4.79 Å². The zero-order valence-electron chi connectivity index (χ0n) is 14.9. The molecule has 2 aromatic heterocycles. The summed E-state index contributed by atoms with van der Waals surface area (Å²) in [5.74, 6) is 0.132. The average molecular weight is 417 g/mol. The predicted octanol–water partition coefficient (Wildman–Crippen LogP) is 5.00. The second kappa shape index (κ2) is 8.70. The lowest BCUT2D eigenvalue weighted by atomic mass is 10.2. The van der Waals surface area contributed by atoms with E-state index in [1.165, 1.54) is 23.0 Å². The van der Waals surface area contributed by atoms with Crippen molar-refractivity contribution in [1.29, 1.82) is 5.26 Å². The lowest BCUT2D eigenvalue weighted by Gasteiger charge is -2.22. The number of carbonyl (C=O) groups excluding carboxylic acids is 1. The maximum absolute atomic E-state index is 12.9. The van der Waals surface area contributed by atoms with Crippen molar-refractivity contribution >= 4 is 56.5 Å². The minimum absolute atomic E-state index is 0.0890. The third-order valence-corrected chi connectivity index (χ3v) is 6.46. The van der Waals surface area contributed by atoms with Crippen LogP contribution in [0, 0.1) is 25.2 Å². The first-order valence-corrected chi connectivity index (χ1v) is 10.5. The summed E-state index contributed by atoms with van der Waals surface area (Å²) in [6, 6.07) is 9.20. The van der Waals surface area contributed by atoms with E-state index in [1.807, 2.05) is 6.07 Å². The van der Waals surface area contributed by atoms with Crippen LogP contribution in [0.5, 0.6) is 0 Å². The van der Waals surface area contributed by atoms with Gasteiger partial charge in [0.2, 0.25) is 5.91 Å². The number of anilines is 1. The highest BCUT2D eigenvalue weighted by Crippen LogP contribution is 2.34. The van der Waals surface area contributed by atoms with Gasteiger partial charge in [-0.1, -0.05) is 29.4 Å². The van der Waals surface area contributed by atoms with E-state index in [0.717, 1.165) is 20.8 Å². The Morgan fingerprint density at radius 2 is 2.19 bits per heavy atom. The fraction of sp³-hybridized carbons (Fsp3) is 0.263. The molecule has 2 heterocycles. The molecule has 1 aromatic carbocycles. The lowest BCUT2D eigenvalue weighted by molar-refractivity contribution is -0.116. The summed E-state index contributed by atoms with van der Waals surface area (Å²) >= 11 is 9.09. The second-order valence-corrected chi connectivity index (χ2v) is 8.47. The van der Waals surface area contributed by atoms with Gasteiger partial charge in [-0.25, -0.2) is 9.97 Å². The summed E-state index contributed by atoms with van der Waals surface area (Å²) in [5.41, 5.74) is 1.85. The number of thiophene rings is 1. The molecule has 0 aliphatic heterocycles. The molecule has 0 aliphatic carbocycles. The average Bonchev–Trinajstić information content (AvgIpc) is 2.95. The normalized spacial score (nSPS) is 10.7. The molecule has 27 heavy (non-hydrogen) atoms. The van der Waals surface area contributed by atoms with Crippen molar-refractivity contribution in [2.75, 3.05) is 17.2 Å². The highest BCUT2D eigenvalue weighted by Gasteiger charge is 2.18. The van der Waals surface area contributed by atoms with Crippen LogP contribution in [0.2, 0.25) is 5.02 Å². The number of thioether (sulfide) groups is 1. The fourth-order valence-corrected chi connectivity index (χ4v) is 4.85. The molecular weight excluding hydrogens is 400 g/mol. The van der Waals surface area contributed by atoms with Crippen molar-refractivity contribution in [3.63, 3.8) is 0 Å². The van der Waals surface area contributed by atoms with Crippen LogP contribution in [-0.2, 0) is 4.79 Å². The minimum Gasteiger partial charge on any atom is -0.311 e. The van der Waals surface area contributed by atoms with Gasteiger partial charge in [0.25, 0.3) is 0 Å². The zero-order chi connectivity index (χ0) is 19.4. The van der Waals surface area contributed by atoms with Crippen LogP contribution in [-0.4, -0.2) is 28.2 Å². The molecule has 0 radical (unpaired) electrons. The summed E-state index contributed by atoms with van der Waals surface area (Å²) in [6.45, 7) is 4.44. The smallest absolute Gasteiger partial charge is 0.237 e. The molecule has 0 aliphatic rings. The lowest BCUT2D eigenvalue weighted by Crippen LogP contribution is -2.33. The first kappa shape index (κ1) is 19.6. The summed E-state index contributed by atoms with van der Waals surface area (Å²) in [7, 11) is 0. The summed E-state index contributed by atoms with van der Waals surface area (Å²) in [6.07, 6.45) is 1.79. The van der Waals surface area contributed by atoms with Gasteiger partial charge >= 0.3 is 0 Å². The number of hydrogen-bond donors (Lipinski definition) is 0. The van der Waals surface area contributed by atoms with Crippen LogP contribution >= 0.6 is 34.7 Å². The van der Waals surface area contributed by atoms with Gasteiger partial charge in [-0.3, -0.25) is 4.79 Å². The molecule has 0 fully saturated rings. The number of benzene rings is 1. The monoisotopic (exact) mass is 416 g/mol. The Balaban J connectivity index is 1.81. The Kier molecular flexibility index (Phi) is 6.32. The van der Waals surface area contributed by atoms with E-state index in [2.05, 4.69) is 29.9 Å². The molecule has 0 bridgehead atoms. The van der Waals surface area contributed by atoms with Gasteiger partial charge in [0.1, 0.15) is 16.2 Å². The van der Waals surface area contributed by atoms with Crippen molar-refractivity contribution in [1.82, 2.24) is 9.97 Å². The quantitative estimate of drug-likeness (QED) is 0.417. The number of fused-ring (bicyclic) bond motifs is 1. The first-order chi connectivity index (χ1) is 13.0. The summed E-state index contributed by atoms with van der Waals surface area (Å²) in [5, 5.41) is 11.3. The number of rotatable bonds is 6. The summed E-state index contributed by atoms with van der Waals surface area (Å²) < 4.78 is 0. The maximum atomic E-state index is 12.9. The third kappa shape index (κ3) is 4.41. The van der Waals surface area contributed by atoms with E-state index < -0.39 is 0 Å². The van der Waals surface area contributed by atoms with Crippen LogP contribution < -0.4 is 4.90 Å². The number of halogens is 1. The number of aryl methyl sites for hydroxylation is 2. The summed E-state index contributed by atoms with van der Waals surface area (Å²) in [4.78, 5) is 25.3. The number of hydrogen-bond acceptors (Lipinski definition) is 6. The van der Waals surface area contributed by atoms with Crippen LogP contribution in [0.1, 0.15) is 16.9 Å². The van der Waals surface area contributed by atoms with Gasteiger partial charge in [-0.2, -0.15) is 5.26 Å². The molecule has 0 atom stereocenters. The largest absolute Gasteiger partial charge is 0.311 e. The van der Waals surface area contributed by atoms with E-state index in [1.54, 1.807) is 34.4 Å². The third-order valence-electron chi connectivity index (χ3n) is 4.13. The Morgan fingerprint density at radius 3 is 2.93 bits per heavy atom. The van der Waals surface area contributed by atoms with Crippen molar-refractivity contribution in [3.8, 4) is 6.07 Å². The Hall–Kier alpha value is -2.14. The van der Waals surface area contributed by atoms with Crippen molar-refractivity contribution in [2.45, 2.75) is 25.3 Å². The molecule has 0 spiro atoms. The second-order valence-electron chi connectivity index (χ2n) is 5.86. The first-order valence-electron chi connectivity index (χ1n) is 8.27. The highest BCUT2D eigenvalue weighted by atomic mass is 35.5. The Bertz CT molecular complexity index is 1030. The topological polar surface area (TPSA) is 69.9 Å². The fourth-order valence-electron chi connectivity index (χ4n) is 2.67. The molecule has 138 valence electrons. The Morgan fingerprint density at radius 1 is 1.37 bits per heavy atom. The number of aromatic nitrogens is 2. The molecule has 0 N–H and O–H groups in total. The van der Waals surface area contributed by atoms with Gasteiger partial charge in [-0.15, -0.1) is 11.3 Å². The van der Waals surface area contributed by atoms with Crippen LogP contribution in [0.4, 0.5) is 5.69 Å². The van der Waals surface area contributed by atoms with E-state index in [-0.39, 0.29) is 18.1 Å². The maximum Gasteiger partial charge on any atom is 0.237 e. The van der Waals surface area contributed by atoms with Gasteiger partial charge in [-0.05, 0) is 37.6 Å². The van der Waals surface area contributed by atoms with Gasteiger partial charge in [0.15, 0.2) is 0 Å². The zero-order valence-corrected chi connectivity index (χ0v) is 17.3. The molecule has 8 heteroatoms. The van der Waals surface area contributed by atoms with Gasteiger partial charge < -0.3 is 4.90 Å². The molecule has 3 rings (SSSR count). The Labute approximate surface area is 171 Å². The van der Waals surface area contributed by atoms with Crippen LogP contribution in [0.3, 0.4) is 0 Å². The number of carbonyl (C=O) groups is 1. The molecule has 1 amide bonds. The van der Waals surface area contributed by atoms with Crippen LogP contribution in [0.25, 0.3) is 10.2 Å². The molecule has 5 nitrogen and oxygen atoms in total. The SMILES string of the molecule is Cc1sc2ncnc(SCC(=O)N(CCC#N)c3cccc(Cl)c3)c2c1C. The van der Waals surface area contributed by atoms with E-state index >= 15 is 0 Å². The molecule has 0 saturated heterocycles. The van der Waals surface area contributed by atoms with Gasteiger partial charge in [0, 0.05) is 27.5 Å². The van der Waals surface area contributed by atoms with E-state index in [9.17, 15) is 4.79 Å². The highest BCUT2D eigenvalue weighted by molar-refractivity contribution is 8.00. The molecule has 0 unspecified atom stereocenters. The molecule has 0 saturated carbocycles. The predicted molar refractivity (Wildman–Crippen MR) is 112 cm³/mol. The van der Waals surface area contributed by atoms with Gasteiger partial charge in [0.05, 0.1) is 18.2 Å². The number of nitriles is 1. The molecular formula is C19H17ClN4OS2.